The molecule has 1 atom stereocenters. The Kier molecular flexibility index (Phi) is 3.94. The first kappa shape index (κ1) is 12.6. The molecule has 1 amide bonds. The number of aromatic amines is 1. The van der Waals surface area contributed by atoms with Crippen molar-refractivity contribution >= 4 is 17.5 Å². The van der Waals surface area contributed by atoms with E-state index in [1.807, 2.05) is 6.92 Å². The highest BCUT2D eigenvalue weighted by molar-refractivity contribution is 6.30. The van der Waals surface area contributed by atoms with E-state index < -0.39 is 0 Å². The molecule has 94 valence electrons. The molecule has 0 spiro atoms. The maximum Gasteiger partial charge on any atom is 0.270 e. The quantitative estimate of drug-likeness (QED) is 0.890. The van der Waals surface area contributed by atoms with Gasteiger partial charge < -0.3 is 10.3 Å². The first-order chi connectivity index (χ1) is 8.70. The molecule has 2 rings (SSSR count). The van der Waals surface area contributed by atoms with Gasteiger partial charge in [-0.25, -0.2) is 4.98 Å². The van der Waals surface area contributed by atoms with Gasteiger partial charge in [-0.15, -0.1) is 0 Å². The number of hydrogen-bond donors (Lipinski definition) is 2. The lowest BCUT2D eigenvalue weighted by Crippen LogP contribution is -2.29. The molecule has 0 saturated heterocycles. The van der Waals surface area contributed by atoms with Crippen LogP contribution in [0.1, 0.15) is 35.7 Å². The van der Waals surface area contributed by atoms with Crippen molar-refractivity contribution in [1.29, 1.82) is 0 Å². The van der Waals surface area contributed by atoms with Crippen LogP contribution >= 0.6 is 11.6 Å². The highest BCUT2D eigenvalue weighted by Crippen LogP contribution is 2.13. The summed E-state index contributed by atoms with van der Waals surface area (Å²) < 4.78 is 0. The molecule has 2 aromatic heterocycles. The summed E-state index contributed by atoms with van der Waals surface area (Å²) in [6.45, 7) is 1.97. The Balaban J connectivity index is 2.11. The first-order valence-electron chi connectivity index (χ1n) is 5.62. The number of carbonyl (C=O) groups is 1. The van der Waals surface area contributed by atoms with Crippen molar-refractivity contribution in [2.24, 2.45) is 0 Å². The molecule has 18 heavy (non-hydrogen) atoms. The zero-order chi connectivity index (χ0) is 13.0. The van der Waals surface area contributed by atoms with Crippen molar-refractivity contribution in [2.45, 2.75) is 19.4 Å². The average Bonchev–Trinajstić information content (AvgIpc) is 2.89. The van der Waals surface area contributed by atoms with Crippen LogP contribution in [0.25, 0.3) is 0 Å². The number of nitrogens with one attached hydrogen (secondary N) is 2. The second-order valence-corrected chi connectivity index (χ2v) is 4.20. The van der Waals surface area contributed by atoms with E-state index in [0.717, 1.165) is 12.2 Å². The van der Waals surface area contributed by atoms with Crippen LogP contribution < -0.4 is 5.32 Å². The molecule has 0 radical (unpaired) electrons. The van der Waals surface area contributed by atoms with Crippen LogP contribution in [0, 0.1) is 0 Å². The average molecular weight is 265 g/mol. The highest BCUT2D eigenvalue weighted by Gasteiger charge is 2.16. The van der Waals surface area contributed by atoms with Crippen LogP contribution in [0.2, 0.25) is 5.02 Å². The molecular formula is C12H13ClN4O. The minimum atomic E-state index is -0.263. The van der Waals surface area contributed by atoms with Crippen LogP contribution in [0.15, 0.2) is 30.7 Å². The summed E-state index contributed by atoms with van der Waals surface area (Å²) in [6.07, 6.45) is 5.62. The van der Waals surface area contributed by atoms with E-state index >= 15 is 0 Å². The third-order valence-corrected chi connectivity index (χ3v) is 2.75. The summed E-state index contributed by atoms with van der Waals surface area (Å²) >= 11 is 5.82. The van der Waals surface area contributed by atoms with Gasteiger partial charge >= 0.3 is 0 Å². The van der Waals surface area contributed by atoms with Gasteiger partial charge in [-0.3, -0.25) is 9.78 Å². The third kappa shape index (κ3) is 2.87. The maximum absolute atomic E-state index is 12.0. The Morgan fingerprint density at radius 3 is 2.94 bits per heavy atom. The molecule has 2 N–H and O–H groups in total. The molecule has 1 unspecified atom stereocenters. The fraction of sp³-hybridized carbons (Fsp3) is 0.250. The Labute approximate surface area is 110 Å². The largest absolute Gasteiger partial charge is 0.347 e. The second-order valence-electron chi connectivity index (χ2n) is 3.77. The van der Waals surface area contributed by atoms with Gasteiger partial charge in [-0.1, -0.05) is 18.5 Å². The number of carbonyl (C=O) groups excluding carboxylic acids is 1. The number of imidazole rings is 1. The highest BCUT2D eigenvalue weighted by atomic mass is 35.5. The Morgan fingerprint density at radius 1 is 1.50 bits per heavy atom. The smallest absolute Gasteiger partial charge is 0.270 e. The minimum absolute atomic E-state index is 0.159. The van der Waals surface area contributed by atoms with Gasteiger partial charge in [0.15, 0.2) is 0 Å². The number of nitrogens with zero attached hydrogens (tertiary/aromatic N) is 2. The summed E-state index contributed by atoms with van der Waals surface area (Å²) in [4.78, 5) is 23.1. The number of rotatable bonds is 4. The van der Waals surface area contributed by atoms with Crippen LogP contribution in [-0.2, 0) is 0 Å². The van der Waals surface area contributed by atoms with E-state index in [9.17, 15) is 4.79 Å². The Morgan fingerprint density at radius 2 is 2.33 bits per heavy atom. The zero-order valence-corrected chi connectivity index (χ0v) is 10.6. The van der Waals surface area contributed by atoms with E-state index in [-0.39, 0.29) is 11.9 Å². The van der Waals surface area contributed by atoms with Gasteiger partial charge in [0.25, 0.3) is 5.91 Å². The lowest BCUT2D eigenvalue weighted by molar-refractivity contribution is 0.0929. The zero-order valence-electron chi connectivity index (χ0n) is 9.85. The van der Waals surface area contributed by atoms with Gasteiger partial charge in [0.2, 0.25) is 0 Å². The van der Waals surface area contributed by atoms with E-state index in [0.29, 0.717) is 10.7 Å². The predicted molar refractivity (Wildman–Crippen MR) is 68.3 cm³/mol. The van der Waals surface area contributed by atoms with Crippen molar-refractivity contribution in [3.05, 3.63) is 47.3 Å². The van der Waals surface area contributed by atoms with Crippen molar-refractivity contribution in [3.63, 3.8) is 0 Å². The Bertz CT molecular complexity index is 527. The fourth-order valence-electron chi connectivity index (χ4n) is 1.59. The molecule has 2 heterocycles. The Hall–Kier alpha value is -1.88. The third-order valence-electron chi connectivity index (χ3n) is 2.52. The van der Waals surface area contributed by atoms with Crippen LogP contribution in [-0.4, -0.2) is 20.9 Å². The fourth-order valence-corrected chi connectivity index (χ4v) is 1.75. The summed E-state index contributed by atoms with van der Waals surface area (Å²) in [5.41, 5.74) is 0.299. The molecule has 0 aliphatic rings. The standard InChI is InChI=1S/C12H13ClN4O/c1-2-9(11-15-5-6-16-11)17-12(18)10-7-8(13)3-4-14-10/h3-7,9H,2H2,1H3,(H,15,16)(H,17,18). The van der Waals surface area contributed by atoms with Crippen LogP contribution in [0.3, 0.4) is 0 Å². The van der Waals surface area contributed by atoms with Gasteiger partial charge in [0.1, 0.15) is 11.5 Å². The van der Waals surface area contributed by atoms with Gasteiger partial charge in [-0.05, 0) is 18.6 Å². The van der Waals surface area contributed by atoms with Gasteiger partial charge in [0.05, 0.1) is 6.04 Å². The lowest BCUT2D eigenvalue weighted by atomic mass is 10.2. The molecule has 0 fully saturated rings. The SMILES string of the molecule is CCC(NC(=O)c1cc(Cl)ccn1)c1ncc[nH]1. The number of pyridine rings is 1. The minimum Gasteiger partial charge on any atom is -0.347 e. The normalized spacial score (nSPS) is 12.1. The number of H-pyrrole nitrogens is 1. The van der Waals surface area contributed by atoms with Gasteiger partial charge in [0, 0.05) is 23.6 Å². The number of halogens is 1. The molecule has 0 aliphatic heterocycles. The molecular weight excluding hydrogens is 252 g/mol. The van der Waals surface area contributed by atoms with Crippen molar-refractivity contribution in [2.75, 3.05) is 0 Å². The van der Waals surface area contributed by atoms with Crippen molar-refractivity contribution < 1.29 is 4.79 Å². The summed E-state index contributed by atoms with van der Waals surface area (Å²) in [5, 5.41) is 3.35. The molecule has 0 aliphatic carbocycles. The first-order valence-corrected chi connectivity index (χ1v) is 6.00. The summed E-state index contributed by atoms with van der Waals surface area (Å²) in [5.74, 6) is 0.466. The monoisotopic (exact) mass is 264 g/mol. The lowest BCUT2D eigenvalue weighted by Gasteiger charge is -2.14. The summed E-state index contributed by atoms with van der Waals surface area (Å²) in [6, 6.07) is 3.00. The van der Waals surface area contributed by atoms with E-state index in [2.05, 4.69) is 20.3 Å². The summed E-state index contributed by atoms with van der Waals surface area (Å²) in [7, 11) is 0. The second kappa shape index (κ2) is 5.64. The maximum atomic E-state index is 12.0. The molecule has 0 bridgehead atoms. The van der Waals surface area contributed by atoms with Crippen molar-refractivity contribution in [1.82, 2.24) is 20.3 Å². The van der Waals surface area contributed by atoms with Crippen LogP contribution in [0.4, 0.5) is 0 Å². The van der Waals surface area contributed by atoms with E-state index in [1.165, 1.54) is 12.3 Å². The number of amides is 1. The molecule has 2 aromatic rings. The predicted octanol–water partition coefficient (Wildman–Crippen LogP) is 2.34. The topological polar surface area (TPSA) is 70.7 Å². The molecule has 0 saturated carbocycles. The van der Waals surface area contributed by atoms with Crippen LogP contribution in [0.5, 0.6) is 0 Å². The molecule has 6 heteroatoms. The van der Waals surface area contributed by atoms with E-state index in [1.54, 1.807) is 18.5 Å². The van der Waals surface area contributed by atoms with Crippen molar-refractivity contribution in [3.8, 4) is 0 Å². The van der Waals surface area contributed by atoms with E-state index in [4.69, 9.17) is 11.6 Å². The number of aromatic nitrogens is 3. The molecule has 0 aromatic carbocycles. The molecule has 5 nitrogen and oxygen atoms in total. The number of hydrogen-bond acceptors (Lipinski definition) is 3. The van der Waals surface area contributed by atoms with Gasteiger partial charge in [-0.2, -0.15) is 0 Å².